The van der Waals surface area contributed by atoms with E-state index >= 15 is 0 Å². The summed E-state index contributed by atoms with van der Waals surface area (Å²) in [5.74, 6) is 2.23. The molecule has 1 saturated carbocycles. The number of halogens is 1. The van der Waals surface area contributed by atoms with Crippen molar-refractivity contribution >= 4 is 38.9 Å². The third-order valence-corrected chi connectivity index (χ3v) is 5.43. The van der Waals surface area contributed by atoms with E-state index in [4.69, 9.17) is 15.2 Å². The summed E-state index contributed by atoms with van der Waals surface area (Å²) < 4.78 is 11.7. The van der Waals surface area contributed by atoms with Crippen LogP contribution in [0.2, 0.25) is 0 Å². The first-order valence-electron chi connectivity index (χ1n) is 7.18. The molecule has 1 heterocycles. The highest BCUT2D eigenvalue weighted by Crippen LogP contribution is 2.46. The third-order valence-electron chi connectivity index (χ3n) is 3.68. The fourth-order valence-electron chi connectivity index (χ4n) is 2.43. The Balaban J connectivity index is 1.64. The average Bonchev–Trinajstić information content (AvgIpc) is 3.16. The van der Waals surface area contributed by atoms with E-state index in [9.17, 15) is 0 Å². The first-order valence-corrected chi connectivity index (χ1v) is 8.79. The van der Waals surface area contributed by atoms with E-state index in [0.29, 0.717) is 23.4 Å². The summed E-state index contributed by atoms with van der Waals surface area (Å²) in [6.07, 6.45) is 1.04. The molecule has 0 radical (unpaired) electrons. The molecule has 0 amide bonds. The van der Waals surface area contributed by atoms with E-state index < -0.39 is 0 Å². The number of methoxy groups -OCH3 is 2. The SMILES string of the molecule is COc1ccc(NC(N)=N[C@@H]2C[C@H]2c2ccc(Br)s2)cc1OC. The summed E-state index contributed by atoms with van der Waals surface area (Å²) in [7, 11) is 3.21. The second-order valence-electron chi connectivity index (χ2n) is 5.26. The molecule has 5 nitrogen and oxygen atoms in total. The van der Waals surface area contributed by atoms with Crippen molar-refractivity contribution < 1.29 is 9.47 Å². The third kappa shape index (κ3) is 3.79. The fourth-order valence-corrected chi connectivity index (χ4v) is 4.03. The molecular weight excluding hydrogens is 378 g/mol. The molecule has 0 aliphatic heterocycles. The van der Waals surface area contributed by atoms with Crippen molar-refractivity contribution in [3.63, 3.8) is 0 Å². The predicted octanol–water partition coefficient (Wildman–Crippen LogP) is 3.81. The summed E-state index contributed by atoms with van der Waals surface area (Å²) in [5.41, 5.74) is 6.83. The Labute approximate surface area is 147 Å². The summed E-state index contributed by atoms with van der Waals surface area (Å²) in [4.78, 5) is 5.90. The minimum Gasteiger partial charge on any atom is -0.493 e. The van der Waals surface area contributed by atoms with Crippen LogP contribution in [0.25, 0.3) is 0 Å². The van der Waals surface area contributed by atoms with Gasteiger partial charge in [0.1, 0.15) is 0 Å². The zero-order valence-corrected chi connectivity index (χ0v) is 15.3. The Morgan fingerprint density at radius 3 is 2.70 bits per heavy atom. The Hall–Kier alpha value is -1.73. The highest BCUT2D eigenvalue weighted by Gasteiger charge is 2.39. The Kier molecular flexibility index (Phi) is 4.77. The lowest BCUT2D eigenvalue weighted by atomic mass is 10.3. The van der Waals surface area contributed by atoms with Gasteiger partial charge in [0.15, 0.2) is 17.5 Å². The number of hydrogen-bond acceptors (Lipinski definition) is 4. The summed E-state index contributed by atoms with van der Waals surface area (Å²) >= 11 is 5.25. The summed E-state index contributed by atoms with van der Waals surface area (Å²) in [5, 5.41) is 3.10. The summed E-state index contributed by atoms with van der Waals surface area (Å²) in [6, 6.07) is 10.0. The smallest absolute Gasteiger partial charge is 0.193 e. The quantitative estimate of drug-likeness (QED) is 0.596. The number of thiophene rings is 1. The molecule has 0 saturated heterocycles. The molecular formula is C16H18BrN3O2S. The van der Waals surface area contributed by atoms with Crippen molar-refractivity contribution in [2.75, 3.05) is 19.5 Å². The summed E-state index contributed by atoms with van der Waals surface area (Å²) in [6.45, 7) is 0. The van der Waals surface area contributed by atoms with Gasteiger partial charge in [-0.1, -0.05) is 0 Å². The minimum absolute atomic E-state index is 0.258. The normalized spacial score (nSPS) is 20.2. The van der Waals surface area contributed by atoms with E-state index in [2.05, 4.69) is 38.4 Å². The van der Waals surface area contributed by atoms with E-state index in [1.807, 2.05) is 18.2 Å². The number of hydrogen-bond donors (Lipinski definition) is 2. The molecule has 0 spiro atoms. The van der Waals surface area contributed by atoms with Crippen LogP contribution in [0.15, 0.2) is 39.1 Å². The van der Waals surface area contributed by atoms with Crippen LogP contribution in [-0.2, 0) is 0 Å². The number of aliphatic imine (C=N–C) groups is 1. The molecule has 1 fully saturated rings. The number of rotatable bonds is 5. The lowest BCUT2D eigenvalue weighted by Crippen LogP contribution is -2.23. The van der Waals surface area contributed by atoms with Crippen molar-refractivity contribution in [3.05, 3.63) is 39.0 Å². The molecule has 1 aromatic carbocycles. The lowest BCUT2D eigenvalue weighted by molar-refractivity contribution is 0.355. The molecule has 23 heavy (non-hydrogen) atoms. The molecule has 3 N–H and O–H groups in total. The van der Waals surface area contributed by atoms with Gasteiger partial charge in [0.25, 0.3) is 0 Å². The van der Waals surface area contributed by atoms with Crippen LogP contribution in [-0.4, -0.2) is 26.2 Å². The van der Waals surface area contributed by atoms with E-state index in [0.717, 1.165) is 15.9 Å². The van der Waals surface area contributed by atoms with Crippen LogP contribution in [0.1, 0.15) is 17.2 Å². The Bertz CT molecular complexity index is 732. The number of nitrogens with one attached hydrogen (secondary N) is 1. The van der Waals surface area contributed by atoms with Crippen molar-refractivity contribution in [1.29, 1.82) is 0 Å². The molecule has 2 atom stereocenters. The van der Waals surface area contributed by atoms with Gasteiger partial charge in [0, 0.05) is 22.5 Å². The number of anilines is 1. The molecule has 122 valence electrons. The van der Waals surface area contributed by atoms with Crippen molar-refractivity contribution in [2.45, 2.75) is 18.4 Å². The zero-order valence-electron chi connectivity index (χ0n) is 12.9. The molecule has 1 aromatic heterocycles. The van der Waals surface area contributed by atoms with E-state index in [1.54, 1.807) is 25.6 Å². The van der Waals surface area contributed by atoms with Gasteiger partial charge in [-0.25, -0.2) is 4.99 Å². The number of nitrogens with zero attached hydrogens (tertiary/aromatic N) is 1. The first-order chi connectivity index (χ1) is 11.1. The maximum absolute atomic E-state index is 6.02. The molecule has 0 unspecified atom stereocenters. The first kappa shape index (κ1) is 16.1. The van der Waals surface area contributed by atoms with Gasteiger partial charge in [-0.3, -0.25) is 0 Å². The highest BCUT2D eigenvalue weighted by atomic mass is 79.9. The van der Waals surface area contributed by atoms with Gasteiger partial charge in [-0.2, -0.15) is 0 Å². The van der Waals surface area contributed by atoms with Crippen LogP contribution in [0.5, 0.6) is 11.5 Å². The fraction of sp³-hybridized carbons (Fsp3) is 0.312. The standard InChI is InChI=1S/C16H18BrN3O2S/c1-21-12-4-3-9(7-13(12)22-2)19-16(18)20-11-8-10(11)14-5-6-15(17)23-14/h3-7,10-11H,8H2,1-2H3,(H3,18,19,20)/t10-,11-/m1/s1. The highest BCUT2D eigenvalue weighted by molar-refractivity contribution is 9.11. The maximum Gasteiger partial charge on any atom is 0.193 e. The Morgan fingerprint density at radius 2 is 2.04 bits per heavy atom. The second-order valence-corrected chi connectivity index (χ2v) is 7.76. The largest absolute Gasteiger partial charge is 0.493 e. The number of benzene rings is 1. The van der Waals surface area contributed by atoms with E-state index in [1.165, 1.54) is 4.88 Å². The van der Waals surface area contributed by atoms with Gasteiger partial charge in [-0.15, -0.1) is 11.3 Å². The maximum atomic E-state index is 6.02. The topological polar surface area (TPSA) is 68.9 Å². The van der Waals surface area contributed by atoms with Crippen LogP contribution in [0, 0.1) is 0 Å². The predicted molar refractivity (Wildman–Crippen MR) is 98.0 cm³/mol. The van der Waals surface area contributed by atoms with Crippen LogP contribution >= 0.6 is 27.3 Å². The monoisotopic (exact) mass is 395 g/mol. The molecule has 0 bridgehead atoms. The van der Waals surface area contributed by atoms with Crippen molar-refractivity contribution in [2.24, 2.45) is 10.7 Å². The van der Waals surface area contributed by atoms with Gasteiger partial charge in [0.05, 0.1) is 24.0 Å². The molecule has 2 aromatic rings. The zero-order chi connectivity index (χ0) is 16.4. The molecule has 3 rings (SSSR count). The van der Waals surface area contributed by atoms with Crippen LogP contribution < -0.4 is 20.5 Å². The minimum atomic E-state index is 0.258. The van der Waals surface area contributed by atoms with Gasteiger partial charge < -0.3 is 20.5 Å². The number of ether oxygens (including phenoxy) is 2. The lowest BCUT2D eigenvalue weighted by Gasteiger charge is -2.10. The van der Waals surface area contributed by atoms with Crippen molar-refractivity contribution in [1.82, 2.24) is 0 Å². The van der Waals surface area contributed by atoms with Crippen molar-refractivity contribution in [3.8, 4) is 11.5 Å². The second kappa shape index (κ2) is 6.80. The van der Waals surface area contributed by atoms with Gasteiger partial charge >= 0.3 is 0 Å². The number of nitrogens with two attached hydrogens (primary N) is 1. The average molecular weight is 396 g/mol. The van der Waals surface area contributed by atoms with Gasteiger partial charge in [-0.05, 0) is 46.6 Å². The van der Waals surface area contributed by atoms with Gasteiger partial charge in [0.2, 0.25) is 0 Å². The number of guanidine groups is 1. The van der Waals surface area contributed by atoms with Crippen LogP contribution in [0.4, 0.5) is 5.69 Å². The molecule has 1 aliphatic rings. The van der Waals surface area contributed by atoms with Crippen LogP contribution in [0.3, 0.4) is 0 Å². The van der Waals surface area contributed by atoms with E-state index in [-0.39, 0.29) is 6.04 Å². The molecule has 1 aliphatic carbocycles. The Morgan fingerprint density at radius 1 is 1.26 bits per heavy atom. The molecule has 7 heteroatoms.